The molecule has 0 amide bonds. The van der Waals surface area contributed by atoms with Crippen molar-refractivity contribution in [3.63, 3.8) is 0 Å². The molecule has 6 rings (SSSR count). The molecule has 3 aliphatic rings. The van der Waals surface area contributed by atoms with Crippen LogP contribution in [0.4, 0.5) is 10.1 Å². The summed E-state index contributed by atoms with van der Waals surface area (Å²) in [4.78, 5) is 22.7. The molecule has 1 aromatic heterocycles. The fraction of sp³-hybridized carbons (Fsp3) is 0.364. The Bertz CT molecular complexity index is 1150. The molecule has 0 N–H and O–H groups in total. The molecule has 0 radical (unpaired) electrons. The molecular formula is C22H22ClFN4O. The van der Waals surface area contributed by atoms with Gasteiger partial charge in [0, 0.05) is 45.0 Å². The molecule has 0 unspecified atom stereocenters. The van der Waals surface area contributed by atoms with Gasteiger partial charge in [0.15, 0.2) is 5.82 Å². The molecule has 3 aromatic rings. The number of rotatable bonds is 2. The summed E-state index contributed by atoms with van der Waals surface area (Å²) in [5.74, 6) is -0.292. The molecule has 29 heavy (non-hydrogen) atoms. The van der Waals surface area contributed by atoms with Gasteiger partial charge in [-0.15, -0.1) is 0 Å². The van der Waals surface area contributed by atoms with Gasteiger partial charge in [-0.05, 0) is 43.2 Å². The van der Waals surface area contributed by atoms with Crippen LogP contribution >= 0.6 is 11.6 Å². The first-order valence-corrected chi connectivity index (χ1v) is 10.3. The highest BCUT2D eigenvalue weighted by molar-refractivity contribution is 6.31. The monoisotopic (exact) mass is 412 g/mol. The average molecular weight is 413 g/mol. The van der Waals surface area contributed by atoms with Crippen LogP contribution in [0.3, 0.4) is 0 Å². The van der Waals surface area contributed by atoms with Crippen LogP contribution in [0.5, 0.6) is 0 Å². The summed E-state index contributed by atoms with van der Waals surface area (Å²) in [6, 6.07) is 11.1. The van der Waals surface area contributed by atoms with E-state index < -0.39 is 5.82 Å². The molecule has 0 saturated carbocycles. The van der Waals surface area contributed by atoms with Crippen molar-refractivity contribution < 1.29 is 4.39 Å². The molecule has 0 atom stereocenters. The number of hydrogen-bond donors (Lipinski definition) is 0. The molecule has 5 nitrogen and oxygen atoms in total. The van der Waals surface area contributed by atoms with Gasteiger partial charge in [0.2, 0.25) is 0 Å². The number of piperidine rings is 1. The number of halogens is 2. The predicted molar refractivity (Wildman–Crippen MR) is 114 cm³/mol. The molecule has 3 fully saturated rings. The minimum Gasteiger partial charge on any atom is -0.367 e. The van der Waals surface area contributed by atoms with Crippen LogP contribution in [0.25, 0.3) is 22.3 Å². The Morgan fingerprint density at radius 1 is 1.10 bits per heavy atom. The standard InChI is InChI=1S/C22H22ClFN4O/c1-26-21(16-3-2-4-18(23)20(16)24)25-19-6-5-15(13-17(19)22(26)29)28-12-11-27-9-7-14(28)8-10-27/h2-6,13-14H,7-12H2,1H3. The van der Waals surface area contributed by atoms with E-state index in [0.29, 0.717) is 16.9 Å². The normalized spacial score (nSPS) is 21.6. The van der Waals surface area contributed by atoms with Gasteiger partial charge in [0.25, 0.3) is 5.56 Å². The Hall–Kier alpha value is -2.44. The van der Waals surface area contributed by atoms with Gasteiger partial charge in [-0.2, -0.15) is 0 Å². The lowest BCUT2D eigenvalue weighted by Gasteiger charge is -2.33. The van der Waals surface area contributed by atoms with E-state index in [0.717, 1.165) is 44.7 Å². The van der Waals surface area contributed by atoms with Crippen LogP contribution in [0.2, 0.25) is 5.02 Å². The molecule has 3 saturated heterocycles. The molecule has 7 heteroatoms. The highest BCUT2D eigenvalue weighted by Gasteiger charge is 2.29. The summed E-state index contributed by atoms with van der Waals surface area (Å²) in [6.45, 7) is 4.31. The van der Waals surface area contributed by atoms with Crippen molar-refractivity contribution in [1.82, 2.24) is 14.5 Å². The molecule has 2 bridgehead atoms. The SMILES string of the molecule is Cn1c(-c2cccc(Cl)c2F)nc2ccc(N3CCN4CCC3CC4)cc2c1=O. The van der Waals surface area contributed by atoms with E-state index in [2.05, 4.69) is 14.8 Å². The zero-order chi connectivity index (χ0) is 20.1. The van der Waals surface area contributed by atoms with Crippen molar-refractivity contribution >= 4 is 28.2 Å². The van der Waals surface area contributed by atoms with Crippen molar-refractivity contribution in [2.45, 2.75) is 18.9 Å². The van der Waals surface area contributed by atoms with Gasteiger partial charge < -0.3 is 9.80 Å². The maximum Gasteiger partial charge on any atom is 0.261 e. The van der Waals surface area contributed by atoms with Gasteiger partial charge in [0.05, 0.1) is 21.5 Å². The molecule has 2 aromatic carbocycles. The quantitative estimate of drug-likeness (QED) is 0.644. The van der Waals surface area contributed by atoms with E-state index >= 15 is 0 Å². The lowest BCUT2D eigenvalue weighted by atomic mass is 10.0. The van der Waals surface area contributed by atoms with Crippen LogP contribution in [0.15, 0.2) is 41.2 Å². The van der Waals surface area contributed by atoms with E-state index in [9.17, 15) is 9.18 Å². The van der Waals surface area contributed by atoms with E-state index in [1.807, 2.05) is 18.2 Å². The van der Waals surface area contributed by atoms with Crippen molar-refractivity contribution in [2.24, 2.45) is 7.05 Å². The molecule has 4 heterocycles. The van der Waals surface area contributed by atoms with E-state index in [4.69, 9.17) is 11.6 Å². The third-order valence-electron chi connectivity index (χ3n) is 6.24. The molecule has 150 valence electrons. The first-order chi connectivity index (χ1) is 14.0. The van der Waals surface area contributed by atoms with Gasteiger partial charge in [-0.25, -0.2) is 9.37 Å². The number of benzene rings is 2. The van der Waals surface area contributed by atoms with Crippen LogP contribution in [-0.4, -0.2) is 46.7 Å². The maximum atomic E-state index is 14.5. The Kier molecular flexibility index (Phi) is 4.56. The number of nitrogens with zero attached hydrogens (tertiary/aromatic N) is 4. The Morgan fingerprint density at radius 2 is 1.90 bits per heavy atom. The predicted octanol–water partition coefficient (Wildman–Crippen LogP) is 3.68. The van der Waals surface area contributed by atoms with Crippen molar-refractivity contribution in [3.05, 3.63) is 57.6 Å². The average Bonchev–Trinajstić information content (AvgIpc) is 3.07. The van der Waals surface area contributed by atoms with Crippen LogP contribution in [-0.2, 0) is 7.05 Å². The minimum absolute atomic E-state index is 0.0129. The second-order valence-corrected chi connectivity index (χ2v) is 8.28. The summed E-state index contributed by atoms with van der Waals surface area (Å²) in [6.07, 6.45) is 2.31. The first-order valence-electron chi connectivity index (χ1n) is 9.97. The summed E-state index contributed by atoms with van der Waals surface area (Å²) >= 11 is 5.93. The molecule has 3 aliphatic heterocycles. The Balaban J connectivity index is 1.62. The second-order valence-electron chi connectivity index (χ2n) is 7.87. The summed E-state index contributed by atoms with van der Waals surface area (Å²) in [7, 11) is 1.62. The van der Waals surface area contributed by atoms with Crippen LogP contribution in [0, 0.1) is 5.82 Å². The van der Waals surface area contributed by atoms with Gasteiger partial charge in [-0.3, -0.25) is 9.36 Å². The third-order valence-corrected chi connectivity index (χ3v) is 6.53. The summed E-state index contributed by atoms with van der Waals surface area (Å²) in [5, 5.41) is 0.564. The smallest absolute Gasteiger partial charge is 0.261 e. The van der Waals surface area contributed by atoms with Gasteiger partial charge in [-0.1, -0.05) is 17.7 Å². The zero-order valence-corrected chi connectivity index (χ0v) is 17.0. The number of fused-ring (bicyclic) bond motifs is 5. The highest BCUT2D eigenvalue weighted by atomic mass is 35.5. The topological polar surface area (TPSA) is 41.4 Å². The number of aromatic nitrogens is 2. The summed E-state index contributed by atoms with van der Waals surface area (Å²) in [5.41, 5.74) is 1.66. The highest BCUT2D eigenvalue weighted by Crippen LogP contribution is 2.30. The van der Waals surface area contributed by atoms with E-state index in [1.54, 1.807) is 19.2 Å². The van der Waals surface area contributed by atoms with Crippen molar-refractivity contribution in [1.29, 1.82) is 0 Å². The second kappa shape index (κ2) is 7.11. The van der Waals surface area contributed by atoms with E-state index in [-0.39, 0.29) is 22.0 Å². The lowest BCUT2D eigenvalue weighted by molar-refractivity contribution is 0.250. The molecular weight excluding hydrogens is 391 g/mol. The third kappa shape index (κ3) is 3.11. The maximum absolute atomic E-state index is 14.5. The lowest BCUT2D eigenvalue weighted by Crippen LogP contribution is -2.38. The van der Waals surface area contributed by atoms with Crippen LogP contribution < -0.4 is 10.5 Å². The Labute approximate surface area is 173 Å². The van der Waals surface area contributed by atoms with E-state index in [1.165, 1.54) is 10.6 Å². The molecule has 0 spiro atoms. The van der Waals surface area contributed by atoms with Gasteiger partial charge >= 0.3 is 0 Å². The fourth-order valence-corrected chi connectivity index (χ4v) is 4.76. The number of anilines is 1. The Morgan fingerprint density at radius 3 is 2.69 bits per heavy atom. The van der Waals surface area contributed by atoms with Crippen molar-refractivity contribution in [2.75, 3.05) is 31.1 Å². The van der Waals surface area contributed by atoms with Crippen molar-refractivity contribution in [3.8, 4) is 11.4 Å². The first kappa shape index (κ1) is 18.6. The fourth-order valence-electron chi connectivity index (χ4n) is 4.58. The minimum atomic E-state index is -0.567. The molecule has 0 aliphatic carbocycles. The van der Waals surface area contributed by atoms with Gasteiger partial charge in [0.1, 0.15) is 5.82 Å². The largest absolute Gasteiger partial charge is 0.367 e. The number of hydrogen-bond acceptors (Lipinski definition) is 4. The zero-order valence-electron chi connectivity index (χ0n) is 16.2. The summed E-state index contributed by atoms with van der Waals surface area (Å²) < 4.78 is 15.9. The van der Waals surface area contributed by atoms with Crippen LogP contribution in [0.1, 0.15) is 12.8 Å².